The molecule has 1 rings (SSSR count). The Labute approximate surface area is 73.8 Å². The molecular formula is C8H9BrFN. The number of hydrogen-bond donors (Lipinski definition) is 0. The Morgan fingerprint density at radius 3 is 2.82 bits per heavy atom. The summed E-state index contributed by atoms with van der Waals surface area (Å²) < 4.78 is 12.2. The number of nitrogens with zero attached hydrogens (tertiary/aromatic N) is 1. The summed E-state index contributed by atoms with van der Waals surface area (Å²) >= 11 is 3.25. The lowest BCUT2D eigenvalue weighted by atomic mass is 10.2. The van der Waals surface area contributed by atoms with Crippen molar-refractivity contribution in [2.24, 2.45) is 0 Å². The van der Waals surface area contributed by atoms with Crippen LogP contribution < -0.4 is 0 Å². The average molecular weight is 218 g/mol. The molecule has 11 heavy (non-hydrogen) atoms. The number of alkyl halides is 2. The minimum atomic E-state index is -0.436. The molecule has 0 aliphatic carbocycles. The van der Waals surface area contributed by atoms with E-state index in [0.29, 0.717) is 10.9 Å². The van der Waals surface area contributed by atoms with Gasteiger partial charge in [-0.3, -0.25) is 4.98 Å². The van der Waals surface area contributed by atoms with Crippen molar-refractivity contribution in [3.05, 3.63) is 29.1 Å². The Hall–Kier alpha value is -0.440. The fraction of sp³-hybridized carbons (Fsp3) is 0.375. The summed E-state index contributed by atoms with van der Waals surface area (Å²) in [6, 6.07) is 3.60. The number of aromatic nitrogens is 1. The van der Waals surface area contributed by atoms with Gasteiger partial charge in [0.15, 0.2) is 0 Å². The van der Waals surface area contributed by atoms with E-state index in [-0.39, 0.29) is 0 Å². The van der Waals surface area contributed by atoms with E-state index in [1.807, 2.05) is 13.0 Å². The van der Waals surface area contributed by atoms with Gasteiger partial charge in [0, 0.05) is 16.6 Å². The van der Waals surface area contributed by atoms with Crippen molar-refractivity contribution in [2.75, 3.05) is 0 Å². The van der Waals surface area contributed by atoms with Gasteiger partial charge in [-0.1, -0.05) is 22.0 Å². The summed E-state index contributed by atoms with van der Waals surface area (Å²) in [6.07, 6.45) is 0. The van der Waals surface area contributed by atoms with Gasteiger partial charge in [0.2, 0.25) is 0 Å². The van der Waals surface area contributed by atoms with Crippen LogP contribution in [0.15, 0.2) is 12.1 Å². The molecule has 0 aliphatic rings. The Kier molecular flexibility index (Phi) is 3.00. The van der Waals surface area contributed by atoms with E-state index in [9.17, 15) is 4.39 Å². The summed E-state index contributed by atoms with van der Waals surface area (Å²) in [5.74, 6) is 0. The van der Waals surface area contributed by atoms with E-state index in [0.717, 1.165) is 11.4 Å². The van der Waals surface area contributed by atoms with Gasteiger partial charge < -0.3 is 0 Å². The summed E-state index contributed by atoms with van der Waals surface area (Å²) in [6.45, 7) is 1.46. The van der Waals surface area contributed by atoms with Crippen molar-refractivity contribution >= 4 is 15.9 Å². The molecule has 0 saturated heterocycles. The third-order valence-corrected chi connectivity index (χ3v) is 2.01. The fourth-order valence-corrected chi connectivity index (χ4v) is 1.36. The molecule has 0 unspecified atom stereocenters. The van der Waals surface area contributed by atoms with Crippen LogP contribution in [0.1, 0.15) is 17.0 Å². The zero-order valence-corrected chi connectivity index (χ0v) is 7.86. The number of aryl methyl sites for hydroxylation is 1. The normalized spacial score (nSPS) is 10.1. The van der Waals surface area contributed by atoms with Crippen LogP contribution in [0.25, 0.3) is 0 Å². The van der Waals surface area contributed by atoms with Crippen molar-refractivity contribution < 1.29 is 4.39 Å². The largest absolute Gasteiger partial charge is 0.257 e. The zero-order chi connectivity index (χ0) is 8.27. The van der Waals surface area contributed by atoms with Gasteiger partial charge in [0.05, 0.1) is 5.69 Å². The maximum atomic E-state index is 12.2. The topological polar surface area (TPSA) is 12.9 Å². The summed E-state index contributed by atoms with van der Waals surface area (Å²) in [5.41, 5.74) is 2.40. The predicted molar refractivity (Wildman–Crippen MR) is 46.4 cm³/mol. The Balaban J connectivity index is 3.06. The highest BCUT2D eigenvalue weighted by molar-refractivity contribution is 9.08. The SMILES string of the molecule is Cc1ccc(CF)c(CBr)n1. The second-order valence-electron chi connectivity index (χ2n) is 2.33. The van der Waals surface area contributed by atoms with E-state index in [1.165, 1.54) is 0 Å². The summed E-state index contributed by atoms with van der Waals surface area (Å²) in [7, 11) is 0. The van der Waals surface area contributed by atoms with Gasteiger partial charge in [-0.2, -0.15) is 0 Å². The van der Waals surface area contributed by atoms with Crippen LogP contribution in [-0.4, -0.2) is 4.98 Å². The quantitative estimate of drug-likeness (QED) is 0.695. The first-order valence-corrected chi connectivity index (χ1v) is 4.47. The van der Waals surface area contributed by atoms with Crippen molar-refractivity contribution in [2.45, 2.75) is 18.9 Å². The molecule has 60 valence electrons. The third-order valence-electron chi connectivity index (χ3n) is 1.48. The van der Waals surface area contributed by atoms with E-state index in [1.54, 1.807) is 6.07 Å². The van der Waals surface area contributed by atoms with Gasteiger partial charge in [-0.15, -0.1) is 0 Å². The maximum absolute atomic E-state index is 12.2. The molecule has 0 radical (unpaired) electrons. The van der Waals surface area contributed by atoms with Crippen molar-refractivity contribution in [1.29, 1.82) is 0 Å². The second kappa shape index (κ2) is 3.81. The van der Waals surface area contributed by atoms with E-state index in [2.05, 4.69) is 20.9 Å². The van der Waals surface area contributed by atoms with Crippen LogP contribution in [0, 0.1) is 6.92 Å². The van der Waals surface area contributed by atoms with Crippen molar-refractivity contribution in [1.82, 2.24) is 4.98 Å². The standard InChI is InChI=1S/C8H9BrFN/c1-6-2-3-7(5-10)8(4-9)11-6/h2-3H,4-5H2,1H3. The molecule has 0 fully saturated rings. The lowest BCUT2D eigenvalue weighted by Crippen LogP contribution is -1.94. The highest BCUT2D eigenvalue weighted by atomic mass is 79.9. The van der Waals surface area contributed by atoms with E-state index >= 15 is 0 Å². The van der Waals surface area contributed by atoms with Crippen LogP contribution in [0.3, 0.4) is 0 Å². The molecule has 0 N–H and O–H groups in total. The van der Waals surface area contributed by atoms with Crippen molar-refractivity contribution in [3.63, 3.8) is 0 Å². The number of rotatable bonds is 2. The lowest BCUT2D eigenvalue weighted by molar-refractivity contribution is 0.482. The molecule has 0 aliphatic heterocycles. The molecule has 0 atom stereocenters. The van der Waals surface area contributed by atoms with Crippen molar-refractivity contribution in [3.8, 4) is 0 Å². The molecule has 1 heterocycles. The first kappa shape index (κ1) is 8.65. The van der Waals surface area contributed by atoms with E-state index < -0.39 is 6.67 Å². The molecule has 0 aromatic carbocycles. The molecular weight excluding hydrogens is 209 g/mol. The van der Waals surface area contributed by atoms with Gasteiger partial charge in [0.25, 0.3) is 0 Å². The molecule has 1 nitrogen and oxygen atoms in total. The first-order chi connectivity index (χ1) is 5.27. The maximum Gasteiger partial charge on any atom is 0.116 e. The molecule has 0 amide bonds. The Bertz CT molecular complexity index is 250. The Morgan fingerprint density at radius 2 is 2.27 bits per heavy atom. The minimum Gasteiger partial charge on any atom is -0.257 e. The van der Waals surface area contributed by atoms with Gasteiger partial charge >= 0.3 is 0 Å². The summed E-state index contributed by atoms with van der Waals surface area (Å²) in [5, 5.41) is 0.619. The molecule has 0 bridgehead atoms. The van der Waals surface area contributed by atoms with Gasteiger partial charge in [0.1, 0.15) is 6.67 Å². The number of halogens is 2. The van der Waals surface area contributed by atoms with Crippen LogP contribution >= 0.6 is 15.9 Å². The third kappa shape index (κ3) is 1.99. The van der Waals surface area contributed by atoms with Gasteiger partial charge in [-0.25, -0.2) is 4.39 Å². The van der Waals surface area contributed by atoms with Crippen LogP contribution in [0.5, 0.6) is 0 Å². The lowest BCUT2D eigenvalue weighted by Gasteiger charge is -2.02. The first-order valence-electron chi connectivity index (χ1n) is 3.35. The highest BCUT2D eigenvalue weighted by Gasteiger charge is 2.01. The minimum absolute atomic E-state index is 0.436. The molecule has 3 heteroatoms. The highest BCUT2D eigenvalue weighted by Crippen LogP contribution is 2.11. The average Bonchev–Trinajstić information content (AvgIpc) is 2.04. The fourth-order valence-electron chi connectivity index (χ4n) is 0.877. The van der Waals surface area contributed by atoms with Crippen LogP contribution in [0.4, 0.5) is 4.39 Å². The number of hydrogen-bond acceptors (Lipinski definition) is 1. The summed E-state index contributed by atoms with van der Waals surface area (Å²) in [4.78, 5) is 4.18. The Morgan fingerprint density at radius 1 is 1.55 bits per heavy atom. The smallest absolute Gasteiger partial charge is 0.116 e. The molecule has 0 spiro atoms. The van der Waals surface area contributed by atoms with Crippen LogP contribution in [0.2, 0.25) is 0 Å². The van der Waals surface area contributed by atoms with Crippen LogP contribution in [-0.2, 0) is 12.0 Å². The molecule has 1 aromatic rings. The van der Waals surface area contributed by atoms with Gasteiger partial charge in [-0.05, 0) is 13.0 Å². The number of pyridine rings is 1. The predicted octanol–water partition coefficient (Wildman–Crippen LogP) is 2.75. The molecule has 1 aromatic heterocycles. The molecule has 0 saturated carbocycles. The second-order valence-corrected chi connectivity index (χ2v) is 2.89. The monoisotopic (exact) mass is 217 g/mol. The van der Waals surface area contributed by atoms with E-state index in [4.69, 9.17) is 0 Å². The zero-order valence-electron chi connectivity index (χ0n) is 6.27.